The van der Waals surface area contributed by atoms with Crippen LogP contribution in [-0.2, 0) is 0 Å². The molecule has 2 rings (SSSR count). The Hall–Kier alpha value is -0.0800. The fourth-order valence-electron chi connectivity index (χ4n) is 2.44. The molecule has 1 heterocycles. The van der Waals surface area contributed by atoms with Crippen molar-refractivity contribution in [2.24, 2.45) is 5.41 Å². The monoisotopic (exact) mass is 243 g/mol. The Bertz CT molecular complexity index is 345. The van der Waals surface area contributed by atoms with Crippen LogP contribution in [0.5, 0.6) is 0 Å². The molecule has 84 valence electrons. The third-order valence-electron chi connectivity index (χ3n) is 3.52. The summed E-state index contributed by atoms with van der Waals surface area (Å²) in [5.41, 5.74) is 0.379. The van der Waals surface area contributed by atoms with Crippen molar-refractivity contribution in [3.8, 4) is 0 Å². The highest BCUT2D eigenvalue weighted by Gasteiger charge is 2.37. The highest BCUT2D eigenvalue weighted by atomic mass is 35.5. The van der Waals surface area contributed by atoms with Crippen LogP contribution in [0.4, 0.5) is 0 Å². The minimum atomic E-state index is 0.352. The Morgan fingerprint density at radius 3 is 2.87 bits per heavy atom. The maximum atomic E-state index is 6.28. The van der Waals surface area contributed by atoms with Gasteiger partial charge in [-0.2, -0.15) is 0 Å². The van der Waals surface area contributed by atoms with Crippen LogP contribution in [0.2, 0.25) is 0 Å². The Kier molecular flexibility index (Phi) is 3.09. The summed E-state index contributed by atoms with van der Waals surface area (Å²) < 4.78 is 0. The molecule has 1 aromatic heterocycles. The zero-order valence-electron chi connectivity index (χ0n) is 9.59. The van der Waals surface area contributed by atoms with E-state index in [1.807, 2.05) is 17.5 Å². The zero-order valence-corrected chi connectivity index (χ0v) is 11.2. The van der Waals surface area contributed by atoms with Crippen molar-refractivity contribution in [3.63, 3.8) is 0 Å². The molecule has 1 aliphatic carbocycles. The van der Waals surface area contributed by atoms with Crippen LogP contribution in [-0.4, -0.2) is 10.4 Å². The first-order valence-corrected chi connectivity index (χ1v) is 6.81. The number of hydrogen-bond acceptors (Lipinski definition) is 2. The Morgan fingerprint density at radius 1 is 1.53 bits per heavy atom. The highest BCUT2D eigenvalue weighted by molar-refractivity contribution is 7.11. The van der Waals surface area contributed by atoms with E-state index in [4.69, 9.17) is 11.6 Å². The third kappa shape index (κ3) is 2.36. The molecule has 1 aromatic rings. The van der Waals surface area contributed by atoms with Gasteiger partial charge in [-0.15, -0.1) is 22.9 Å². The van der Waals surface area contributed by atoms with Crippen LogP contribution in [0.3, 0.4) is 0 Å². The van der Waals surface area contributed by atoms with Gasteiger partial charge in [-0.3, -0.25) is 0 Å². The van der Waals surface area contributed by atoms with Crippen molar-refractivity contribution in [2.45, 2.75) is 51.3 Å². The summed E-state index contributed by atoms with van der Waals surface area (Å²) in [6.07, 6.45) is 5.53. The first kappa shape index (κ1) is 11.4. The molecule has 2 unspecified atom stereocenters. The maximum absolute atomic E-state index is 6.28. The summed E-state index contributed by atoms with van der Waals surface area (Å²) in [7, 11) is 0. The summed E-state index contributed by atoms with van der Waals surface area (Å²) in [6.45, 7) is 6.78. The lowest BCUT2D eigenvalue weighted by Crippen LogP contribution is -2.30. The van der Waals surface area contributed by atoms with Crippen molar-refractivity contribution >= 4 is 22.9 Å². The van der Waals surface area contributed by atoms with E-state index in [9.17, 15) is 0 Å². The number of alkyl halides is 1. The lowest BCUT2D eigenvalue weighted by molar-refractivity contribution is 0.205. The third-order valence-corrected chi connectivity index (χ3v) is 4.94. The first-order chi connectivity index (χ1) is 6.99. The molecule has 0 amide bonds. The van der Waals surface area contributed by atoms with Gasteiger partial charge in [-0.05, 0) is 31.6 Å². The molecule has 0 spiro atoms. The lowest BCUT2D eigenvalue weighted by Gasteiger charge is -2.39. The summed E-state index contributed by atoms with van der Waals surface area (Å²) in [6, 6.07) is 0. The largest absolute Gasteiger partial charge is 0.250 e. The molecular weight excluding hydrogens is 226 g/mol. The van der Waals surface area contributed by atoms with Gasteiger partial charge in [0.25, 0.3) is 0 Å². The van der Waals surface area contributed by atoms with E-state index < -0.39 is 0 Å². The van der Waals surface area contributed by atoms with E-state index in [2.05, 4.69) is 25.8 Å². The average Bonchev–Trinajstić information content (AvgIpc) is 2.56. The maximum Gasteiger partial charge on any atom is 0.0896 e. The normalized spacial score (nSPS) is 30.4. The minimum absolute atomic E-state index is 0.352. The number of halogens is 1. The molecule has 1 nitrogen and oxygen atoms in total. The van der Waals surface area contributed by atoms with Gasteiger partial charge in [0, 0.05) is 22.4 Å². The van der Waals surface area contributed by atoms with Gasteiger partial charge in [-0.25, -0.2) is 4.98 Å². The molecular formula is C12H18ClNS. The van der Waals surface area contributed by atoms with E-state index in [1.54, 1.807) is 0 Å². The van der Waals surface area contributed by atoms with Crippen LogP contribution in [0, 0.1) is 12.3 Å². The fourth-order valence-corrected chi connectivity index (χ4v) is 3.83. The second kappa shape index (κ2) is 4.06. The predicted octanol–water partition coefficient (Wildman–Crippen LogP) is 4.35. The van der Waals surface area contributed by atoms with E-state index in [0.29, 0.717) is 16.7 Å². The van der Waals surface area contributed by atoms with Gasteiger partial charge in [0.05, 0.1) is 5.01 Å². The van der Waals surface area contributed by atoms with Gasteiger partial charge < -0.3 is 0 Å². The molecule has 3 heteroatoms. The van der Waals surface area contributed by atoms with Crippen LogP contribution in [0.1, 0.15) is 48.9 Å². The van der Waals surface area contributed by atoms with Gasteiger partial charge >= 0.3 is 0 Å². The zero-order chi connectivity index (χ0) is 11.1. The van der Waals surface area contributed by atoms with Crippen molar-refractivity contribution in [1.29, 1.82) is 0 Å². The van der Waals surface area contributed by atoms with Crippen LogP contribution in [0.25, 0.3) is 0 Å². The summed E-state index contributed by atoms with van der Waals surface area (Å²) in [5.74, 6) is 0.597. The topological polar surface area (TPSA) is 12.9 Å². The van der Waals surface area contributed by atoms with E-state index in [0.717, 1.165) is 17.8 Å². The number of thiazole rings is 1. The van der Waals surface area contributed by atoms with Crippen molar-refractivity contribution in [3.05, 3.63) is 16.1 Å². The molecule has 15 heavy (non-hydrogen) atoms. The molecule has 1 saturated carbocycles. The van der Waals surface area contributed by atoms with Crippen molar-refractivity contribution < 1.29 is 0 Å². The Labute approximate surface area is 101 Å². The standard InChI is InChI=1S/C12H18ClNS/c1-8-14-7-11(15-8)10-6-9(13)4-5-12(10,2)3/h7,9-10H,4-6H2,1-3H3. The first-order valence-electron chi connectivity index (χ1n) is 5.55. The molecule has 0 bridgehead atoms. The molecule has 0 saturated heterocycles. The lowest BCUT2D eigenvalue weighted by atomic mass is 9.68. The molecule has 0 N–H and O–H groups in total. The van der Waals surface area contributed by atoms with Gasteiger partial charge in [0.1, 0.15) is 0 Å². The quantitative estimate of drug-likeness (QED) is 0.669. The number of aromatic nitrogens is 1. The minimum Gasteiger partial charge on any atom is -0.250 e. The molecule has 1 fully saturated rings. The number of nitrogens with zero attached hydrogens (tertiary/aromatic N) is 1. The van der Waals surface area contributed by atoms with Crippen LogP contribution >= 0.6 is 22.9 Å². The second-order valence-electron chi connectivity index (χ2n) is 5.19. The van der Waals surface area contributed by atoms with Crippen molar-refractivity contribution in [1.82, 2.24) is 4.98 Å². The Balaban J connectivity index is 2.25. The van der Waals surface area contributed by atoms with E-state index in [1.165, 1.54) is 11.3 Å². The van der Waals surface area contributed by atoms with E-state index in [-0.39, 0.29) is 0 Å². The van der Waals surface area contributed by atoms with Gasteiger partial charge in [0.15, 0.2) is 0 Å². The smallest absolute Gasteiger partial charge is 0.0896 e. The van der Waals surface area contributed by atoms with Crippen LogP contribution < -0.4 is 0 Å². The van der Waals surface area contributed by atoms with Gasteiger partial charge in [-0.1, -0.05) is 13.8 Å². The summed E-state index contributed by atoms with van der Waals surface area (Å²) in [5, 5.41) is 1.52. The molecule has 0 aromatic carbocycles. The number of rotatable bonds is 1. The fraction of sp³-hybridized carbons (Fsp3) is 0.750. The number of hydrogen-bond donors (Lipinski definition) is 0. The SMILES string of the molecule is Cc1ncc(C2CC(Cl)CCC2(C)C)s1. The molecule has 2 atom stereocenters. The molecule has 1 aliphatic rings. The van der Waals surface area contributed by atoms with Gasteiger partial charge in [0.2, 0.25) is 0 Å². The van der Waals surface area contributed by atoms with Crippen molar-refractivity contribution in [2.75, 3.05) is 0 Å². The predicted molar refractivity (Wildman–Crippen MR) is 66.9 cm³/mol. The highest BCUT2D eigenvalue weighted by Crippen LogP contribution is 2.49. The summed E-state index contributed by atoms with van der Waals surface area (Å²) >= 11 is 8.11. The number of aryl methyl sites for hydroxylation is 1. The van der Waals surface area contributed by atoms with E-state index >= 15 is 0 Å². The average molecular weight is 244 g/mol. The summed E-state index contributed by atoms with van der Waals surface area (Å²) in [4.78, 5) is 5.78. The molecule has 0 radical (unpaired) electrons. The van der Waals surface area contributed by atoms with Crippen LogP contribution in [0.15, 0.2) is 6.20 Å². The molecule has 0 aliphatic heterocycles. The second-order valence-corrected chi connectivity index (χ2v) is 7.08. The Morgan fingerprint density at radius 2 is 2.27 bits per heavy atom.